The summed E-state index contributed by atoms with van der Waals surface area (Å²) in [6.45, 7) is 9.68. The number of aromatic nitrogens is 2. The topological polar surface area (TPSA) is 59.0 Å². The van der Waals surface area contributed by atoms with Crippen molar-refractivity contribution in [3.63, 3.8) is 0 Å². The lowest BCUT2D eigenvalue weighted by molar-refractivity contribution is -0.123. The number of aryl methyl sites for hydroxylation is 1. The van der Waals surface area contributed by atoms with Crippen LogP contribution in [0.5, 0.6) is 0 Å². The Bertz CT molecular complexity index is 692. The van der Waals surface area contributed by atoms with Crippen LogP contribution in [0.15, 0.2) is 24.3 Å². The Balaban J connectivity index is 1.94. The van der Waals surface area contributed by atoms with E-state index < -0.39 is 0 Å². The van der Waals surface area contributed by atoms with Gasteiger partial charge in [0.2, 0.25) is 5.91 Å². The molecule has 0 saturated heterocycles. The first-order chi connectivity index (χ1) is 11.4. The van der Waals surface area contributed by atoms with E-state index in [2.05, 4.69) is 15.7 Å². The van der Waals surface area contributed by atoms with Crippen LogP contribution in [0.2, 0.25) is 0 Å². The van der Waals surface area contributed by atoms with E-state index in [1.165, 1.54) is 12.1 Å². The normalized spacial score (nSPS) is 11.1. The zero-order valence-electron chi connectivity index (χ0n) is 14.7. The monoisotopic (exact) mass is 332 g/mol. The molecule has 1 amide bonds. The van der Waals surface area contributed by atoms with Crippen LogP contribution in [0, 0.1) is 25.6 Å². The maximum atomic E-state index is 13.1. The molecule has 0 bridgehead atoms. The standard InChI is InChI=1S/C18H25FN4O/c1-12(2)18(24)21-10-9-20-11-17-13(3)22-23(14(17)4)16-7-5-15(19)6-8-16/h5-8,12,20H,9-11H2,1-4H3,(H,21,24). The number of hydrogen-bond acceptors (Lipinski definition) is 3. The molecule has 130 valence electrons. The van der Waals surface area contributed by atoms with Gasteiger partial charge in [0, 0.05) is 36.8 Å². The maximum absolute atomic E-state index is 13.1. The van der Waals surface area contributed by atoms with Crippen LogP contribution in [0.1, 0.15) is 30.8 Å². The number of amides is 1. The Morgan fingerprint density at radius 1 is 1.21 bits per heavy atom. The number of benzene rings is 1. The van der Waals surface area contributed by atoms with Crippen LogP contribution in [0.25, 0.3) is 5.69 Å². The lowest BCUT2D eigenvalue weighted by Gasteiger charge is -2.09. The summed E-state index contributed by atoms with van der Waals surface area (Å²) in [5.74, 6) is -0.192. The molecule has 1 aromatic heterocycles. The summed E-state index contributed by atoms with van der Waals surface area (Å²) in [5, 5.41) is 10.7. The van der Waals surface area contributed by atoms with Crippen molar-refractivity contribution in [2.24, 2.45) is 5.92 Å². The van der Waals surface area contributed by atoms with Gasteiger partial charge in [-0.25, -0.2) is 9.07 Å². The molecule has 0 unspecified atom stereocenters. The number of halogens is 1. The van der Waals surface area contributed by atoms with E-state index in [1.807, 2.05) is 32.4 Å². The van der Waals surface area contributed by atoms with Crippen LogP contribution >= 0.6 is 0 Å². The number of nitrogens with zero attached hydrogens (tertiary/aromatic N) is 2. The summed E-state index contributed by atoms with van der Waals surface area (Å²) in [6, 6.07) is 6.29. The van der Waals surface area contributed by atoms with Gasteiger partial charge in [-0.1, -0.05) is 13.8 Å². The second kappa shape index (κ2) is 8.06. The first kappa shape index (κ1) is 18.1. The quantitative estimate of drug-likeness (QED) is 0.766. The number of nitrogens with one attached hydrogen (secondary N) is 2. The zero-order chi connectivity index (χ0) is 17.7. The van der Waals surface area contributed by atoms with E-state index in [0.29, 0.717) is 19.6 Å². The fourth-order valence-corrected chi connectivity index (χ4v) is 2.46. The minimum atomic E-state index is -0.259. The molecule has 0 aliphatic carbocycles. The van der Waals surface area contributed by atoms with E-state index >= 15 is 0 Å². The number of rotatable bonds is 7. The van der Waals surface area contributed by atoms with Gasteiger partial charge < -0.3 is 10.6 Å². The van der Waals surface area contributed by atoms with E-state index in [0.717, 1.165) is 22.6 Å². The molecule has 2 rings (SSSR count). The molecule has 0 saturated carbocycles. The van der Waals surface area contributed by atoms with E-state index in [4.69, 9.17) is 0 Å². The largest absolute Gasteiger partial charge is 0.355 e. The predicted octanol–water partition coefficient (Wildman–Crippen LogP) is 2.49. The number of carbonyl (C=O) groups is 1. The summed E-state index contributed by atoms with van der Waals surface area (Å²) >= 11 is 0. The van der Waals surface area contributed by atoms with E-state index in [-0.39, 0.29) is 17.6 Å². The predicted molar refractivity (Wildman–Crippen MR) is 92.6 cm³/mol. The minimum Gasteiger partial charge on any atom is -0.355 e. The molecule has 0 fully saturated rings. The van der Waals surface area contributed by atoms with Crippen molar-refractivity contribution in [3.05, 3.63) is 47.0 Å². The van der Waals surface area contributed by atoms with Crippen molar-refractivity contribution in [2.45, 2.75) is 34.2 Å². The van der Waals surface area contributed by atoms with Crippen LogP contribution in [0.3, 0.4) is 0 Å². The van der Waals surface area contributed by atoms with E-state index in [9.17, 15) is 9.18 Å². The highest BCUT2D eigenvalue weighted by Crippen LogP contribution is 2.18. The molecule has 2 N–H and O–H groups in total. The summed E-state index contributed by atoms with van der Waals surface area (Å²) in [6.07, 6.45) is 0. The number of hydrogen-bond donors (Lipinski definition) is 2. The summed E-state index contributed by atoms with van der Waals surface area (Å²) in [5.41, 5.74) is 3.93. The summed E-state index contributed by atoms with van der Waals surface area (Å²) in [7, 11) is 0. The lowest BCUT2D eigenvalue weighted by atomic mass is 10.2. The molecule has 0 aliphatic heterocycles. The van der Waals surface area contributed by atoms with Gasteiger partial charge in [0.1, 0.15) is 5.82 Å². The zero-order valence-corrected chi connectivity index (χ0v) is 14.7. The van der Waals surface area contributed by atoms with Crippen molar-refractivity contribution in [2.75, 3.05) is 13.1 Å². The molecule has 6 heteroatoms. The van der Waals surface area contributed by atoms with Crippen molar-refractivity contribution in [3.8, 4) is 5.69 Å². The highest BCUT2D eigenvalue weighted by molar-refractivity contribution is 5.77. The van der Waals surface area contributed by atoms with Crippen molar-refractivity contribution >= 4 is 5.91 Å². The third kappa shape index (κ3) is 4.41. The van der Waals surface area contributed by atoms with Crippen LogP contribution < -0.4 is 10.6 Å². The van der Waals surface area contributed by atoms with Crippen LogP contribution in [-0.4, -0.2) is 28.8 Å². The molecular weight excluding hydrogens is 307 g/mol. The third-order valence-corrected chi connectivity index (χ3v) is 3.94. The first-order valence-electron chi connectivity index (χ1n) is 8.19. The fraction of sp³-hybridized carbons (Fsp3) is 0.444. The molecule has 5 nitrogen and oxygen atoms in total. The molecule has 1 heterocycles. The molecular formula is C18H25FN4O. The Hall–Kier alpha value is -2.21. The van der Waals surface area contributed by atoms with Gasteiger partial charge in [-0.05, 0) is 38.1 Å². The fourth-order valence-electron chi connectivity index (χ4n) is 2.46. The van der Waals surface area contributed by atoms with Gasteiger partial charge in [0.05, 0.1) is 11.4 Å². The Morgan fingerprint density at radius 2 is 1.88 bits per heavy atom. The SMILES string of the molecule is Cc1nn(-c2ccc(F)cc2)c(C)c1CNCCNC(=O)C(C)C. The molecule has 0 radical (unpaired) electrons. The van der Waals surface area contributed by atoms with Gasteiger partial charge in [-0.15, -0.1) is 0 Å². The Morgan fingerprint density at radius 3 is 2.50 bits per heavy atom. The molecule has 0 atom stereocenters. The van der Waals surface area contributed by atoms with Crippen molar-refractivity contribution in [1.82, 2.24) is 20.4 Å². The number of carbonyl (C=O) groups excluding carboxylic acids is 1. The molecule has 24 heavy (non-hydrogen) atoms. The van der Waals surface area contributed by atoms with Gasteiger partial charge >= 0.3 is 0 Å². The third-order valence-electron chi connectivity index (χ3n) is 3.94. The molecule has 2 aromatic rings. The van der Waals surface area contributed by atoms with Crippen molar-refractivity contribution in [1.29, 1.82) is 0 Å². The Labute approximate surface area is 142 Å². The van der Waals surface area contributed by atoms with Crippen molar-refractivity contribution < 1.29 is 9.18 Å². The highest BCUT2D eigenvalue weighted by Gasteiger charge is 2.12. The van der Waals surface area contributed by atoms with Gasteiger partial charge in [0.15, 0.2) is 0 Å². The second-order valence-electron chi connectivity index (χ2n) is 6.16. The highest BCUT2D eigenvalue weighted by atomic mass is 19.1. The van der Waals surface area contributed by atoms with E-state index in [1.54, 1.807) is 12.1 Å². The van der Waals surface area contributed by atoms with Gasteiger partial charge in [0.25, 0.3) is 0 Å². The van der Waals surface area contributed by atoms with Gasteiger partial charge in [-0.2, -0.15) is 5.10 Å². The second-order valence-corrected chi connectivity index (χ2v) is 6.16. The molecule has 1 aromatic carbocycles. The molecule has 0 aliphatic rings. The average molecular weight is 332 g/mol. The summed E-state index contributed by atoms with van der Waals surface area (Å²) in [4.78, 5) is 11.5. The van der Waals surface area contributed by atoms with Gasteiger partial charge in [-0.3, -0.25) is 4.79 Å². The molecule has 0 spiro atoms. The van der Waals surface area contributed by atoms with Crippen LogP contribution in [-0.2, 0) is 11.3 Å². The summed E-state index contributed by atoms with van der Waals surface area (Å²) < 4.78 is 14.9. The average Bonchev–Trinajstić information content (AvgIpc) is 2.82. The minimum absolute atomic E-state index is 0.00318. The smallest absolute Gasteiger partial charge is 0.222 e. The lowest BCUT2D eigenvalue weighted by Crippen LogP contribution is -2.34. The first-order valence-corrected chi connectivity index (χ1v) is 8.19. The maximum Gasteiger partial charge on any atom is 0.222 e. The Kier molecular flexibility index (Phi) is 6.09. The van der Waals surface area contributed by atoms with Crippen LogP contribution in [0.4, 0.5) is 4.39 Å².